The van der Waals surface area contributed by atoms with E-state index in [1.165, 1.54) is 105 Å². The zero-order chi connectivity index (χ0) is 52.8. The Morgan fingerprint density at radius 3 is 1.63 bits per heavy atom. The van der Waals surface area contributed by atoms with Crippen LogP contribution in [0.25, 0.3) is 116 Å². The number of furan rings is 2. The van der Waals surface area contributed by atoms with Gasteiger partial charge in [0.1, 0.15) is 22.3 Å². The largest absolute Gasteiger partial charge is 0.456 e. The van der Waals surface area contributed by atoms with Crippen molar-refractivity contribution < 1.29 is 8.83 Å². The second-order valence-corrected chi connectivity index (χ2v) is 24.0. The van der Waals surface area contributed by atoms with Crippen LogP contribution in [-0.2, 0) is 16.2 Å². The van der Waals surface area contributed by atoms with E-state index in [0.29, 0.717) is 0 Å². The van der Waals surface area contributed by atoms with Gasteiger partial charge in [0.2, 0.25) is 0 Å². The van der Waals surface area contributed by atoms with Gasteiger partial charge in [-0.2, -0.15) is 0 Å². The number of anilines is 3. The molecule has 3 aliphatic carbocycles. The van der Waals surface area contributed by atoms with Gasteiger partial charge in [-0.1, -0.05) is 157 Å². The molecule has 0 saturated carbocycles. The first-order valence-electron chi connectivity index (χ1n) is 27.8. The van der Waals surface area contributed by atoms with Crippen molar-refractivity contribution in [2.75, 3.05) is 4.90 Å². The van der Waals surface area contributed by atoms with Gasteiger partial charge in [-0.25, -0.2) is 0 Å². The van der Waals surface area contributed by atoms with Gasteiger partial charge >= 0.3 is 0 Å². The second-order valence-electron chi connectivity index (χ2n) is 24.0. The first-order valence-corrected chi connectivity index (χ1v) is 27.8. The molecule has 3 aliphatic rings. The second kappa shape index (κ2) is 15.4. The van der Waals surface area contributed by atoms with Crippen molar-refractivity contribution >= 4 is 82.7 Å². The minimum atomic E-state index is -0.347. The van der Waals surface area contributed by atoms with Crippen molar-refractivity contribution in [3.8, 4) is 50.2 Å². The Morgan fingerprint density at radius 2 is 0.873 bits per heavy atom. The fraction of sp³-hybridized carbons (Fsp3) is 0.120. The van der Waals surface area contributed by atoms with Gasteiger partial charge in [0, 0.05) is 76.9 Å². The Labute approximate surface area is 458 Å². The van der Waals surface area contributed by atoms with Gasteiger partial charge in [0.15, 0.2) is 0 Å². The Morgan fingerprint density at radius 1 is 0.329 bits per heavy atom. The number of aromatic nitrogens is 1. The van der Waals surface area contributed by atoms with Gasteiger partial charge in [-0.15, -0.1) is 0 Å². The van der Waals surface area contributed by atoms with Crippen LogP contribution in [0.1, 0.15) is 74.9 Å². The minimum absolute atomic E-state index is 0.179. The highest BCUT2D eigenvalue weighted by atomic mass is 16.3. The first kappa shape index (κ1) is 44.7. The molecule has 0 N–H and O–H groups in total. The van der Waals surface area contributed by atoms with Crippen LogP contribution in [-0.4, -0.2) is 4.57 Å². The maximum Gasteiger partial charge on any atom is 0.143 e. The van der Waals surface area contributed by atoms with E-state index < -0.39 is 0 Å². The lowest BCUT2D eigenvalue weighted by atomic mass is 9.79. The van der Waals surface area contributed by atoms with E-state index >= 15 is 0 Å². The van der Waals surface area contributed by atoms with Crippen LogP contribution in [0.4, 0.5) is 17.1 Å². The average molecular weight is 1020 g/mol. The number of benzene rings is 11. The summed E-state index contributed by atoms with van der Waals surface area (Å²) >= 11 is 0. The normalized spacial score (nSPS) is 15.0. The highest BCUT2D eigenvalue weighted by Crippen LogP contribution is 2.60. The molecule has 0 atom stereocenters. The molecule has 0 aliphatic heterocycles. The van der Waals surface area contributed by atoms with Gasteiger partial charge in [-0.05, 0) is 175 Å². The number of fused-ring (bicyclic) bond motifs is 20. The van der Waals surface area contributed by atoms with Crippen molar-refractivity contribution in [1.29, 1.82) is 0 Å². The van der Waals surface area contributed by atoms with Crippen LogP contribution in [0.5, 0.6) is 0 Å². The van der Waals surface area contributed by atoms with Gasteiger partial charge < -0.3 is 18.3 Å². The molecule has 14 aromatic rings. The third-order valence-corrected chi connectivity index (χ3v) is 18.8. The van der Waals surface area contributed by atoms with E-state index in [9.17, 15) is 0 Å². The molecule has 0 radical (unpaired) electrons. The summed E-state index contributed by atoms with van der Waals surface area (Å²) < 4.78 is 15.9. The van der Waals surface area contributed by atoms with Crippen molar-refractivity contribution in [2.24, 2.45) is 0 Å². The summed E-state index contributed by atoms with van der Waals surface area (Å²) in [6.07, 6.45) is 0. The molecule has 0 amide bonds. The van der Waals surface area contributed by atoms with E-state index in [1.807, 2.05) is 0 Å². The Hall–Kier alpha value is -9.38. The fourth-order valence-corrected chi connectivity index (χ4v) is 14.9. The van der Waals surface area contributed by atoms with Crippen LogP contribution in [0.3, 0.4) is 0 Å². The molecule has 376 valence electrons. The molecule has 0 unspecified atom stereocenters. The summed E-state index contributed by atoms with van der Waals surface area (Å²) in [6, 6.07) is 80.8. The molecule has 4 nitrogen and oxygen atoms in total. The SMILES string of the molecule is CC1(C)c2cc(N(c3ccccc3)c3ccc4c(c3)C(C)(C)c3cc(-c5ccc6c(c5)c5ccccc5n6-c5ccccc5)c5oc6ccccc6c5c3-4)ccc2-c2cc3c(cc21)-c1c(ccc2oc4ccccc4c12)C3(C)C. The van der Waals surface area contributed by atoms with E-state index in [0.717, 1.165) is 61.6 Å². The van der Waals surface area contributed by atoms with Crippen LogP contribution >= 0.6 is 0 Å². The molecular formula is C75H54N2O2. The van der Waals surface area contributed by atoms with Gasteiger partial charge in [0.05, 0.1) is 11.0 Å². The van der Waals surface area contributed by atoms with E-state index in [4.69, 9.17) is 8.83 Å². The third kappa shape index (κ3) is 5.88. The summed E-state index contributed by atoms with van der Waals surface area (Å²) in [5.41, 5.74) is 27.9. The first-order chi connectivity index (χ1) is 38.4. The highest BCUT2D eigenvalue weighted by molar-refractivity contribution is 6.20. The van der Waals surface area contributed by atoms with Crippen molar-refractivity contribution in [1.82, 2.24) is 4.57 Å². The maximum absolute atomic E-state index is 7.04. The van der Waals surface area contributed by atoms with E-state index in [-0.39, 0.29) is 16.2 Å². The van der Waals surface area contributed by atoms with Crippen LogP contribution in [0.2, 0.25) is 0 Å². The van der Waals surface area contributed by atoms with Crippen molar-refractivity contribution in [2.45, 2.75) is 57.8 Å². The fourth-order valence-electron chi connectivity index (χ4n) is 14.9. The summed E-state index contributed by atoms with van der Waals surface area (Å²) in [7, 11) is 0. The lowest BCUT2D eigenvalue weighted by molar-refractivity contribution is 0.651. The number of hydrogen-bond donors (Lipinski definition) is 0. The highest BCUT2D eigenvalue weighted by Gasteiger charge is 2.44. The third-order valence-electron chi connectivity index (χ3n) is 18.8. The van der Waals surface area contributed by atoms with Crippen LogP contribution in [0, 0.1) is 0 Å². The summed E-state index contributed by atoms with van der Waals surface area (Å²) in [4.78, 5) is 2.47. The summed E-state index contributed by atoms with van der Waals surface area (Å²) in [5.74, 6) is 0. The number of hydrogen-bond acceptors (Lipinski definition) is 3. The molecular weight excluding hydrogens is 961 g/mol. The van der Waals surface area contributed by atoms with E-state index in [1.54, 1.807) is 0 Å². The summed E-state index contributed by atoms with van der Waals surface area (Å²) in [6.45, 7) is 14.4. The Bertz CT molecular complexity index is 4980. The van der Waals surface area contributed by atoms with E-state index in [2.05, 4.69) is 269 Å². The molecule has 0 bridgehead atoms. The predicted octanol–water partition coefficient (Wildman–Crippen LogP) is 20.6. The molecule has 79 heavy (non-hydrogen) atoms. The topological polar surface area (TPSA) is 34.5 Å². The van der Waals surface area contributed by atoms with Crippen molar-refractivity contribution in [3.63, 3.8) is 0 Å². The predicted molar refractivity (Wildman–Crippen MR) is 328 cm³/mol. The lowest BCUT2D eigenvalue weighted by Gasteiger charge is -2.29. The standard InChI is InChI=1S/C75H54N2O2/c1-73(2)57-34-36-67-70(51-24-14-17-27-65(51)78-67)69(57)56-42-60-54(41-61(56)73)48-32-30-46(38-58(48)74(60,3)4)76(44-19-9-7-10-20-44)47-31-33-50-59(39-47)75(5,6)62-40-53(72-71(68(50)62)52-25-15-18-28-66(52)79-72)43-29-35-64-55(37-43)49-23-13-16-26-63(49)77(64)45-21-11-8-12-22-45/h7-42H,1-6H3. The van der Waals surface area contributed by atoms with Crippen molar-refractivity contribution in [3.05, 3.63) is 252 Å². The Kier molecular flexibility index (Phi) is 8.73. The number of nitrogens with zero attached hydrogens (tertiary/aromatic N) is 2. The lowest BCUT2D eigenvalue weighted by Crippen LogP contribution is -2.18. The zero-order valence-electron chi connectivity index (χ0n) is 45.0. The van der Waals surface area contributed by atoms with Crippen LogP contribution in [0.15, 0.2) is 227 Å². The molecule has 17 rings (SSSR count). The molecule has 0 saturated heterocycles. The molecule has 4 heteroatoms. The Balaban J connectivity index is 0.809. The van der Waals surface area contributed by atoms with Crippen LogP contribution < -0.4 is 4.90 Å². The minimum Gasteiger partial charge on any atom is -0.456 e. The van der Waals surface area contributed by atoms with Gasteiger partial charge in [0.25, 0.3) is 0 Å². The molecule has 3 heterocycles. The monoisotopic (exact) mass is 1010 g/mol. The summed E-state index contributed by atoms with van der Waals surface area (Å²) in [5, 5.41) is 7.16. The molecule has 0 spiro atoms. The maximum atomic E-state index is 7.04. The smallest absolute Gasteiger partial charge is 0.143 e. The molecule has 3 aromatic heterocycles. The zero-order valence-corrected chi connectivity index (χ0v) is 45.0. The quantitative estimate of drug-likeness (QED) is 0.172. The molecule has 11 aromatic carbocycles. The average Bonchev–Trinajstić information content (AvgIpc) is 3.10. The van der Waals surface area contributed by atoms with Gasteiger partial charge in [-0.3, -0.25) is 0 Å². The number of para-hydroxylation sites is 5. The molecule has 0 fully saturated rings. The number of rotatable bonds is 5.